The average Bonchev–Trinajstić information content (AvgIpc) is 2.38. The zero-order valence-corrected chi connectivity index (χ0v) is 12.1. The SMILES string of the molecule is O=C1C(OI)CCCC1c1ccccc1C(F)(F)F. The summed E-state index contributed by atoms with van der Waals surface area (Å²) in [6, 6.07) is 5.29. The van der Waals surface area contributed by atoms with Crippen molar-refractivity contribution in [2.45, 2.75) is 37.5 Å². The fourth-order valence-electron chi connectivity index (χ4n) is 2.47. The summed E-state index contributed by atoms with van der Waals surface area (Å²) in [5.74, 6) is -0.969. The predicted molar refractivity (Wildman–Crippen MR) is 71.9 cm³/mol. The summed E-state index contributed by atoms with van der Waals surface area (Å²) >= 11 is 1.63. The summed E-state index contributed by atoms with van der Waals surface area (Å²) in [7, 11) is 0. The Bertz CT molecular complexity index is 473. The molecule has 2 nitrogen and oxygen atoms in total. The molecule has 1 aliphatic rings. The lowest BCUT2D eigenvalue weighted by atomic mass is 9.79. The van der Waals surface area contributed by atoms with Gasteiger partial charge < -0.3 is 3.07 Å². The van der Waals surface area contributed by atoms with E-state index in [1.165, 1.54) is 18.2 Å². The molecule has 0 N–H and O–H groups in total. The number of halogens is 4. The lowest BCUT2D eigenvalue weighted by Gasteiger charge is -2.28. The molecule has 0 saturated heterocycles. The van der Waals surface area contributed by atoms with E-state index in [4.69, 9.17) is 3.07 Å². The van der Waals surface area contributed by atoms with Crippen LogP contribution in [0.2, 0.25) is 0 Å². The zero-order valence-electron chi connectivity index (χ0n) is 9.91. The predicted octanol–water partition coefficient (Wildman–Crippen LogP) is 4.28. The van der Waals surface area contributed by atoms with Crippen LogP contribution in [0.4, 0.5) is 13.2 Å². The van der Waals surface area contributed by atoms with E-state index in [0.29, 0.717) is 19.3 Å². The Labute approximate surface area is 123 Å². The highest BCUT2D eigenvalue weighted by molar-refractivity contribution is 14.1. The van der Waals surface area contributed by atoms with Crippen molar-refractivity contribution in [3.05, 3.63) is 35.4 Å². The highest BCUT2D eigenvalue weighted by Crippen LogP contribution is 2.39. The summed E-state index contributed by atoms with van der Waals surface area (Å²) in [6.45, 7) is 0. The summed E-state index contributed by atoms with van der Waals surface area (Å²) in [5, 5.41) is 0. The van der Waals surface area contributed by atoms with E-state index in [0.717, 1.165) is 6.07 Å². The molecule has 0 aliphatic heterocycles. The van der Waals surface area contributed by atoms with E-state index >= 15 is 0 Å². The Hall–Kier alpha value is -0.630. The van der Waals surface area contributed by atoms with Crippen LogP contribution >= 0.6 is 23.0 Å². The molecular weight excluding hydrogens is 372 g/mol. The number of carbonyl (C=O) groups excluding carboxylic acids is 1. The summed E-state index contributed by atoms with van der Waals surface area (Å²) < 4.78 is 43.9. The van der Waals surface area contributed by atoms with Gasteiger partial charge in [0, 0.05) is 5.92 Å². The van der Waals surface area contributed by atoms with Crippen LogP contribution in [0.5, 0.6) is 0 Å². The molecule has 6 heteroatoms. The minimum Gasteiger partial charge on any atom is -0.304 e. The van der Waals surface area contributed by atoms with E-state index < -0.39 is 23.8 Å². The van der Waals surface area contributed by atoms with Gasteiger partial charge in [0.25, 0.3) is 0 Å². The third-order valence-corrected chi connectivity index (χ3v) is 3.98. The fraction of sp³-hybridized carbons (Fsp3) is 0.462. The summed E-state index contributed by atoms with van der Waals surface area (Å²) in [6.07, 6.45) is -3.32. The van der Waals surface area contributed by atoms with Crippen LogP contribution < -0.4 is 0 Å². The second-order valence-electron chi connectivity index (χ2n) is 4.55. The molecule has 0 radical (unpaired) electrons. The van der Waals surface area contributed by atoms with E-state index in [-0.39, 0.29) is 11.3 Å². The molecule has 2 rings (SSSR count). The molecule has 0 spiro atoms. The van der Waals surface area contributed by atoms with Gasteiger partial charge in [-0.3, -0.25) is 4.79 Å². The van der Waals surface area contributed by atoms with Crippen molar-refractivity contribution < 1.29 is 21.0 Å². The quantitative estimate of drug-likeness (QED) is 0.712. The van der Waals surface area contributed by atoms with Gasteiger partial charge in [0.2, 0.25) is 0 Å². The third-order valence-electron chi connectivity index (χ3n) is 3.37. The van der Waals surface area contributed by atoms with Crippen LogP contribution in [-0.2, 0) is 14.0 Å². The van der Waals surface area contributed by atoms with Crippen molar-refractivity contribution in [3.63, 3.8) is 0 Å². The Balaban J connectivity index is 2.39. The molecule has 1 aromatic rings. The molecular formula is C13H12F3IO2. The van der Waals surface area contributed by atoms with Gasteiger partial charge in [-0.2, -0.15) is 13.2 Å². The lowest BCUT2D eigenvalue weighted by Crippen LogP contribution is -2.32. The van der Waals surface area contributed by atoms with Gasteiger partial charge >= 0.3 is 6.18 Å². The number of rotatable bonds is 2. The third kappa shape index (κ3) is 3.10. The molecule has 1 aromatic carbocycles. The van der Waals surface area contributed by atoms with Crippen LogP contribution in [0, 0.1) is 0 Å². The van der Waals surface area contributed by atoms with Crippen molar-refractivity contribution in [2.24, 2.45) is 0 Å². The molecule has 2 unspecified atom stereocenters. The first kappa shape index (κ1) is 14.8. The van der Waals surface area contributed by atoms with Gasteiger partial charge in [0.15, 0.2) is 5.78 Å². The highest BCUT2D eigenvalue weighted by Gasteiger charge is 2.39. The lowest BCUT2D eigenvalue weighted by molar-refractivity contribution is -0.139. The summed E-state index contributed by atoms with van der Waals surface area (Å²) in [4.78, 5) is 12.1. The first-order chi connectivity index (χ1) is 8.95. The monoisotopic (exact) mass is 384 g/mol. The number of hydrogen-bond acceptors (Lipinski definition) is 2. The van der Waals surface area contributed by atoms with Crippen LogP contribution in [0.1, 0.15) is 36.3 Å². The number of ketones is 1. The molecule has 2 atom stereocenters. The zero-order chi connectivity index (χ0) is 14.0. The normalized spacial score (nSPS) is 24.5. The first-order valence-corrected chi connectivity index (χ1v) is 6.80. The first-order valence-electron chi connectivity index (χ1n) is 5.92. The Morgan fingerprint density at radius 3 is 2.53 bits per heavy atom. The van der Waals surface area contributed by atoms with E-state index in [2.05, 4.69) is 0 Å². The number of Topliss-reactive ketones (excluding diaryl/α,β-unsaturated/α-hetero) is 1. The topological polar surface area (TPSA) is 26.3 Å². The number of carbonyl (C=O) groups is 1. The second kappa shape index (κ2) is 5.78. The van der Waals surface area contributed by atoms with Gasteiger partial charge in [-0.15, -0.1) is 0 Å². The molecule has 0 amide bonds. The number of hydrogen-bond donors (Lipinski definition) is 0. The Kier molecular flexibility index (Phi) is 4.50. The minimum absolute atomic E-state index is 0.0677. The smallest absolute Gasteiger partial charge is 0.304 e. The molecule has 1 aliphatic carbocycles. The maximum atomic E-state index is 13.0. The van der Waals surface area contributed by atoms with Gasteiger partial charge in [-0.05, 0) is 30.9 Å². The fourth-order valence-corrected chi connectivity index (χ4v) is 2.98. The molecule has 0 bridgehead atoms. The van der Waals surface area contributed by atoms with E-state index in [1.54, 1.807) is 23.0 Å². The largest absolute Gasteiger partial charge is 0.416 e. The van der Waals surface area contributed by atoms with Crippen molar-refractivity contribution in [3.8, 4) is 0 Å². The molecule has 104 valence electrons. The molecule has 1 fully saturated rings. The van der Waals surface area contributed by atoms with Crippen LogP contribution in [0.15, 0.2) is 24.3 Å². The Morgan fingerprint density at radius 1 is 1.21 bits per heavy atom. The molecule has 19 heavy (non-hydrogen) atoms. The average molecular weight is 384 g/mol. The van der Waals surface area contributed by atoms with Crippen molar-refractivity contribution >= 4 is 28.8 Å². The maximum Gasteiger partial charge on any atom is 0.416 e. The van der Waals surface area contributed by atoms with Crippen LogP contribution in [0.3, 0.4) is 0 Å². The second-order valence-corrected chi connectivity index (χ2v) is 5.06. The highest BCUT2D eigenvalue weighted by atomic mass is 127. The van der Waals surface area contributed by atoms with E-state index in [1.807, 2.05) is 0 Å². The number of alkyl halides is 3. The van der Waals surface area contributed by atoms with Crippen molar-refractivity contribution in [2.75, 3.05) is 0 Å². The van der Waals surface area contributed by atoms with Gasteiger partial charge in [0.1, 0.15) is 29.1 Å². The molecule has 0 heterocycles. The van der Waals surface area contributed by atoms with Crippen LogP contribution in [0.25, 0.3) is 0 Å². The van der Waals surface area contributed by atoms with Crippen molar-refractivity contribution in [1.29, 1.82) is 0 Å². The maximum absolute atomic E-state index is 13.0. The van der Waals surface area contributed by atoms with Gasteiger partial charge in [0.05, 0.1) is 5.56 Å². The summed E-state index contributed by atoms with van der Waals surface area (Å²) in [5.41, 5.74) is -0.652. The van der Waals surface area contributed by atoms with Crippen molar-refractivity contribution in [1.82, 2.24) is 0 Å². The number of benzene rings is 1. The Morgan fingerprint density at radius 2 is 1.89 bits per heavy atom. The minimum atomic E-state index is -4.44. The molecule has 0 aromatic heterocycles. The molecule has 1 saturated carbocycles. The standard InChI is InChI=1S/C13H12F3IO2/c14-13(15,16)10-6-2-1-4-8(10)9-5-3-7-11(19-17)12(9)18/h1-2,4,6,9,11H,3,5,7H2. The van der Waals surface area contributed by atoms with Gasteiger partial charge in [-0.25, -0.2) is 0 Å². The van der Waals surface area contributed by atoms with Crippen LogP contribution in [-0.4, -0.2) is 11.9 Å². The van der Waals surface area contributed by atoms with E-state index in [9.17, 15) is 18.0 Å². The van der Waals surface area contributed by atoms with Gasteiger partial charge in [-0.1, -0.05) is 18.2 Å².